The van der Waals surface area contributed by atoms with Crippen LogP contribution < -0.4 is 5.32 Å². The van der Waals surface area contributed by atoms with E-state index in [1.807, 2.05) is 24.3 Å². The molecule has 0 saturated carbocycles. The number of hydrogen-bond acceptors (Lipinski definition) is 5. The largest absolute Gasteiger partial charge is 0.331 e. The van der Waals surface area contributed by atoms with Gasteiger partial charge in [-0.05, 0) is 12.1 Å². The number of amides is 2. The highest BCUT2D eigenvalue weighted by Gasteiger charge is 2.18. The Morgan fingerprint density at radius 1 is 1.20 bits per heavy atom. The van der Waals surface area contributed by atoms with Gasteiger partial charge in [-0.25, -0.2) is 14.8 Å². The van der Waals surface area contributed by atoms with E-state index in [0.717, 1.165) is 25.9 Å². The van der Waals surface area contributed by atoms with Crippen LogP contribution in [0.5, 0.6) is 0 Å². The number of urea groups is 1. The van der Waals surface area contributed by atoms with Gasteiger partial charge in [0.05, 0.1) is 29.0 Å². The summed E-state index contributed by atoms with van der Waals surface area (Å²) in [6.07, 6.45) is 0. The number of para-hydroxylation sites is 1. The fourth-order valence-corrected chi connectivity index (χ4v) is 4.27. The van der Waals surface area contributed by atoms with E-state index >= 15 is 0 Å². The minimum Gasteiger partial charge on any atom is -0.331 e. The van der Waals surface area contributed by atoms with Gasteiger partial charge in [-0.1, -0.05) is 32.9 Å². The highest BCUT2D eigenvalue weighted by Crippen LogP contribution is 2.24. The number of thiazole rings is 2. The number of hydrogen-bond donors (Lipinski definition) is 1. The van der Waals surface area contributed by atoms with Crippen LogP contribution in [-0.2, 0) is 18.5 Å². The van der Waals surface area contributed by atoms with E-state index in [4.69, 9.17) is 0 Å². The molecule has 0 aliphatic heterocycles. The number of carbonyl (C=O) groups is 1. The number of rotatable bonds is 4. The number of carbonyl (C=O) groups excluding carboxylic acids is 1. The quantitative estimate of drug-likeness (QED) is 0.737. The van der Waals surface area contributed by atoms with Crippen LogP contribution in [-0.4, -0.2) is 27.9 Å². The van der Waals surface area contributed by atoms with Gasteiger partial charge in [-0.15, -0.1) is 22.7 Å². The van der Waals surface area contributed by atoms with Crippen LogP contribution in [0.25, 0.3) is 10.2 Å². The zero-order valence-corrected chi connectivity index (χ0v) is 16.5. The van der Waals surface area contributed by atoms with Crippen LogP contribution in [0.2, 0.25) is 0 Å². The molecule has 5 nitrogen and oxygen atoms in total. The molecule has 7 heteroatoms. The minimum absolute atomic E-state index is 0.0302. The second-order valence-corrected chi connectivity index (χ2v) is 9.02. The van der Waals surface area contributed by atoms with Crippen molar-refractivity contribution in [2.75, 3.05) is 7.05 Å². The SMILES string of the molecule is CN(Cc1nc2ccccc2s1)C(=O)NCc1nc(C(C)(C)C)cs1. The summed E-state index contributed by atoms with van der Waals surface area (Å²) in [7, 11) is 1.78. The Labute approximate surface area is 155 Å². The Morgan fingerprint density at radius 3 is 2.64 bits per heavy atom. The smallest absolute Gasteiger partial charge is 0.317 e. The Kier molecular flexibility index (Phi) is 5.06. The third kappa shape index (κ3) is 4.35. The van der Waals surface area contributed by atoms with E-state index in [2.05, 4.69) is 41.4 Å². The predicted octanol–water partition coefficient (Wildman–Crippen LogP) is 4.39. The molecule has 0 aliphatic carbocycles. The number of aromatic nitrogens is 2. The summed E-state index contributed by atoms with van der Waals surface area (Å²) in [5, 5.41) is 6.85. The lowest BCUT2D eigenvalue weighted by atomic mass is 9.93. The molecule has 1 aromatic carbocycles. The Hall–Kier alpha value is -1.99. The van der Waals surface area contributed by atoms with Crippen molar-refractivity contribution < 1.29 is 4.79 Å². The molecule has 0 radical (unpaired) electrons. The summed E-state index contributed by atoms with van der Waals surface area (Å²) in [5.41, 5.74) is 2.07. The maximum Gasteiger partial charge on any atom is 0.317 e. The lowest BCUT2D eigenvalue weighted by Crippen LogP contribution is -2.36. The molecule has 0 atom stereocenters. The lowest BCUT2D eigenvalue weighted by Gasteiger charge is -2.16. The molecule has 2 amide bonds. The first-order chi connectivity index (χ1) is 11.8. The van der Waals surface area contributed by atoms with Crippen LogP contribution in [0.4, 0.5) is 4.79 Å². The molecule has 0 aliphatic rings. The number of fused-ring (bicyclic) bond motifs is 1. The van der Waals surface area contributed by atoms with Crippen LogP contribution >= 0.6 is 22.7 Å². The molecule has 0 unspecified atom stereocenters. The van der Waals surface area contributed by atoms with Crippen molar-refractivity contribution in [3.8, 4) is 0 Å². The van der Waals surface area contributed by atoms with Crippen molar-refractivity contribution in [1.29, 1.82) is 0 Å². The van der Waals surface area contributed by atoms with Crippen LogP contribution in [0.15, 0.2) is 29.6 Å². The standard InChI is InChI=1S/C18H22N4OS2/c1-18(2,3)14-11-24-15(21-14)9-19-17(23)22(4)10-16-20-12-7-5-6-8-13(12)25-16/h5-8,11H,9-10H2,1-4H3,(H,19,23). The average Bonchev–Trinajstić information content (AvgIpc) is 3.18. The van der Waals surface area contributed by atoms with E-state index in [1.54, 1.807) is 34.6 Å². The van der Waals surface area contributed by atoms with Gasteiger partial charge in [0, 0.05) is 17.8 Å². The number of benzene rings is 1. The third-order valence-corrected chi connectivity index (χ3v) is 5.64. The van der Waals surface area contributed by atoms with Crippen LogP contribution in [0.1, 0.15) is 36.5 Å². The second kappa shape index (κ2) is 7.09. The summed E-state index contributed by atoms with van der Waals surface area (Å²) in [4.78, 5) is 23.1. The van der Waals surface area contributed by atoms with Gasteiger partial charge in [-0.3, -0.25) is 0 Å². The molecule has 3 aromatic rings. The highest BCUT2D eigenvalue weighted by atomic mass is 32.1. The first-order valence-corrected chi connectivity index (χ1v) is 9.81. The molecule has 0 spiro atoms. The van der Waals surface area contributed by atoms with Crippen LogP contribution in [0.3, 0.4) is 0 Å². The van der Waals surface area contributed by atoms with Crippen molar-refractivity contribution in [2.45, 2.75) is 39.3 Å². The summed E-state index contributed by atoms with van der Waals surface area (Å²) >= 11 is 3.20. The topological polar surface area (TPSA) is 58.1 Å². The molecular weight excluding hydrogens is 352 g/mol. The Morgan fingerprint density at radius 2 is 1.96 bits per heavy atom. The summed E-state index contributed by atoms with van der Waals surface area (Å²) in [6, 6.07) is 7.89. The maximum absolute atomic E-state index is 12.3. The van der Waals surface area contributed by atoms with Crippen molar-refractivity contribution in [3.63, 3.8) is 0 Å². The van der Waals surface area contributed by atoms with Gasteiger partial charge in [0.2, 0.25) is 0 Å². The molecule has 3 rings (SSSR count). The zero-order valence-electron chi connectivity index (χ0n) is 14.9. The van der Waals surface area contributed by atoms with Crippen molar-refractivity contribution in [2.24, 2.45) is 0 Å². The van der Waals surface area contributed by atoms with E-state index < -0.39 is 0 Å². The summed E-state index contributed by atoms with van der Waals surface area (Å²) in [6.45, 7) is 7.35. The van der Waals surface area contributed by atoms with E-state index in [-0.39, 0.29) is 11.4 Å². The van der Waals surface area contributed by atoms with Crippen molar-refractivity contribution >= 4 is 38.9 Å². The van der Waals surface area contributed by atoms with Crippen molar-refractivity contribution in [1.82, 2.24) is 20.2 Å². The maximum atomic E-state index is 12.3. The molecule has 132 valence electrons. The van der Waals surface area contributed by atoms with E-state index in [1.165, 1.54) is 0 Å². The first-order valence-electron chi connectivity index (χ1n) is 8.11. The van der Waals surface area contributed by atoms with Crippen LogP contribution in [0, 0.1) is 0 Å². The van der Waals surface area contributed by atoms with Crippen molar-refractivity contribution in [3.05, 3.63) is 45.4 Å². The number of nitrogens with one attached hydrogen (secondary N) is 1. The van der Waals surface area contributed by atoms with E-state index in [0.29, 0.717) is 13.1 Å². The molecule has 0 saturated heterocycles. The predicted molar refractivity (Wildman–Crippen MR) is 104 cm³/mol. The molecule has 2 aromatic heterocycles. The van der Waals surface area contributed by atoms with Gasteiger partial charge in [0.1, 0.15) is 10.0 Å². The molecule has 0 bridgehead atoms. The van der Waals surface area contributed by atoms with Gasteiger partial charge < -0.3 is 10.2 Å². The molecule has 0 fully saturated rings. The van der Waals surface area contributed by atoms with Gasteiger partial charge in [0.15, 0.2) is 0 Å². The molecule has 25 heavy (non-hydrogen) atoms. The monoisotopic (exact) mass is 374 g/mol. The van der Waals surface area contributed by atoms with Gasteiger partial charge in [0.25, 0.3) is 0 Å². The Bertz CT molecular complexity index is 845. The highest BCUT2D eigenvalue weighted by molar-refractivity contribution is 7.18. The van der Waals surface area contributed by atoms with Gasteiger partial charge in [-0.2, -0.15) is 0 Å². The lowest BCUT2D eigenvalue weighted by molar-refractivity contribution is 0.206. The molecule has 1 N–H and O–H groups in total. The first kappa shape index (κ1) is 17.8. The summed E-state index contributed by atoms with van der Waals surface area (Å²) in [5.74, 6) is 0. The fraction of sp³-hybridized carbons (Fsp3) is 0.389. The second-order valence-electron chi connectivity index (χ2n) is 6.97. The minimum atomic E-state index is -0.119. The molecule has 2 heterocycles. The third-order valence-electron chi connectivity index (χ3n) is 3.77. The average molecular weight is 375 g/mol. The fourth-order valence-electron chi connectivity index (χ4n) is 2.28. The normalized spacial score (nSPS) is 11.7. The Balaban J connectivity index is 1.56. The number of nitrogens with zero attached hydrogens (tertiary/aromatic N) is 3. The molecular formula is C18H22N4OS2. The zero-order chi connectivity index (χ0) is 18.0. The summed E-state index contributed by atoms with van der Waals surface area (Å²) < 4.78 is 1.14. The van der Waals surface area contributed by atoms with Gasteiger partial charge >= 0.3 is 6.03 Å². The van der Waals surface area contributed by atoms with E-state index in [9.17, 15) is 4.79 Å².